The largest absolute Gasteiger partial charge is 0.496 e. The van der Waals surface area contributed by atoms with E-state index < -0.39 is 5.63 Å². The number of carbonyl (C=O) groups is 1. The molecule has 1 aromatic heterocycles. The first-order valence-electron chi connectivity index (χ1n) is 5.03. The SMILES string of the molecule is CCOC(=O)Cc1c(OC)cc(=O)oc1CBr. The summed E-state index contributed by atoms with van der Waals surface area (Å²) in [5, 5.41) is 0.328. The summed E-state index contributed by atoms with van der Waals surface area (Å²) in [5.41, 5.74) is 0.0198. The van der Waals surface area contributed by atoms with Crippen LogP contribution in [0.25, 0.3) is 0 Å². The van der Waals surface area contributed by atoms with E-state index in [0.717, 1.165) is 0 Å². The maximum atomic E-state index is 11.4. The fraction of sp³-hybridized carbons (Fsp3) is 0.455. The first-order valence-corrected chi connectivity index (χ1v) is 6.16. The molecule has 17 heavy (non-hydrogen) atoms. The second-order valence-corrected chi connectivity index (χ2v) is 3.71. The summed E-state index contributed by atoms with van der Waals surface area (Å²) < 4.78 is 14.9. The lowest BCUT2D eigenvalue weighted by molar-refractivity contribution is -0.142. The molecule has 0 atom stereocenters. The zero-order valence-corrected chi connectivity index (χ0v) is 11.2. The van der Waals surface area contributed by atoms with Crippen molar-refractivity contribution in [2.75, 3.05) is 13.7 Å². The summed E-state index contributed by atoms with van der Waals surface area (Å²) in [6.07, 6.45) is 0.0156. The van der Waals surface area contributed by atoms with E-state index in [2.05, 4.69) is 15.9 Å². The molecule has 1 rings (SSSR count). The summed E-state index contributed by atoms with van der Waals surface area (Å²) in [4.78, 5) is 22.6. The molecule has 0 radical (unpaired) electrons. The molecule has 1 heterocycles. The Balaban J connectivity index is 3.10. The first-order chi connectivity index (χ1) is 8.12. The number of halogens is 1. The second-order valence-electron chi connectivity index (χ2n) is 3.15. The van der Waals surface area contributed by atoms with Crippen molar-refractivity contribution in [1.29, 1.82) is 0 Å². The highest BCUT2D eigenvalue weighted by molar-refractivity contribution is 9.08. The molecule has 0 bridgehead atoms. The molecule has 6 heteroatoms. The lowest BCUT2D eigenvalue weighted by atomic mass is 10.1. The van der Waals surface area contributed by atoms with Crippen molar-refractivity contribution in [1.82, 2.24) is 0 Å². The number of esters is 1. The minimum atomic E-state index is -0.510. The van der Waals surface area contributed by atoms with Crippen molar-refractivity contribution in [2.45, 2.75) is 18.7 Å². The number of methoxy groups -OCH3 is 1. The highest BCUT2D eigenvalue weighted by Gasteiger charge is 2.17. The van der Waals surface area contributed by atoms with Gasteiger partial charge in [-0.2, -0.15) is 0 Å². The fourth-order valence-electron chi connectivity index (χ4n) is 1.38. The van der Waals surface area contributed by atoms with Crippen LogP contribution in [0.5, 0.6) is 5.75 Å². The Labute approximate surface area is 107 Å². The van der Waals surface area contributed by atoms with Crippen molar-refractivity contribution in [3.63, 3.8) is 0 Å². The van der Waals surface area contributed by atoms with Gasteiger partial charge in [0.05, 0.1) is 31.5 Å². The monoisotopic (exact) mass is 304 g/mol. The molecule has 0 aliphatic carbocycles. The molecule has 0 N–H and O–H groups in total. The number of hydrogen-bond acceptors (Lipinski definition) is 5. The van der Waals surface area contributed by atoms with Crippen LogP contribution in [0.4, 0.5) is 0 Å². The molecule has 0 aliphatic heterocycles. The predicted molar refractivity (Wildman–Crippen MR) is 64.5 cm³/mol. The third kappa shape index (κ3) is 3.59. The summed E-state index contributed by atoms with van der Waals surface area (Å²) in [7, 11) is 1.43. The van der Waals surface area contributed by atoms with Gasteiger partial charge >= 0.3 is 11.6 Å². The fourth-order valence-corrected chi connectivity index (χ4v) is 1.83. The van der Waals surface area contributed by atoms with E-state index in [1.54, 1.807) is 6.92 Å². The van der Waals surface area contributed by atoms with Crippen LogP contribution in [-0.4, -0.2) is 19.7 Å². The summed E-state index contributed by atoms with van der Waals surface area (Å²) in [5.74, 6) is 0.327. The number of hydrogen-bond donors (Lipinski definition) is 0. The van der Waals surface area contributed by atoms with E-state index in [0.29, 0.717) is 29.0 Å². The minimum Gasteiger partial charge on any atom is -0.496 e. The van der Waals surface area contributed by atoms with Crippen LogP contribution in [-0.2, 0) is 21.3 Å². The highest BCUT2D eigenvalue weighted by atomic mass is 79.9. The third-order valence-electron chi connectivity index (χ3n) is 2.07. The molecular formula is C11H13BrO5. The van der Waals surface area contributed by atoms with Gasteiger partial charge in [-0.3, -0.25) is 4.79 Å². The van der Waals surface area contributed by atoms with Crippen LogP contribution in [0.2, 0.25) is 0 Å². The Bertz CT molecular complexity index is 423. The maximum absolute atomic E-state index is 11.4. The standard InChI is InChI=1S/C11H13BrO5/c1-3-16-10(13)4-7-8(15-2)5-11(14)17-9(7)6-12/h5H,3-4,6H2,1-2H3. The topological polar surface area (TPSA) is 65.7 Å². The molecule has 0 spiro atoms. The smallest absolute Gasteiger partial charge is 0.339 e. The van der Waals surface area contributed by atoms with Crippen molar-refractivity contribution in [2.24, 2.45) is 0 Å². The van der Waals surface area contributed by atoms with Gasteiger partial charge in [0.25, 0.3) is 0 Å². The molecule has 0 aromatic carbocycles. The van der Waals surface area contributed by atoms with Gasteiger partial charge in [-0.05, 0) is 6.92 Å². The van der Waals surface area contributed by atoms with Crippen LogP contribution in [0.15, 0.2) is 15.3 Å². The van der Waals surface area contributed by atoms with Crippen LogP contribution >= 0.6 is 15.9 Å². The summed E-state index contributed by atoms with van der Waals surface area (Å²) in [6, 6.07) is 1.21. The van der Waals surface area contributed by atoms with E-state index in [-0.39, 0.29) is 12.4 Å². The van der Waals surface area contributed by atoms with Gasteiger partial charge in [-0.25, -0.2) is 4.79 Å². The molecule has 0 unspecified atom stereocenters. The van der Waals surface area contributed by atoms with Crippen LogP contribution in [0, 0.1) is 0 Å². The third-order valence-corrected chi connectivity index (χ3v) is 2.58. The Morgan fingerprint density at radius 2 is 2.24 bits per heavy atom. The lowest BCUT2D eigenvalue weighted by Crippen LogP contribution is -2.13. The first kappa shape index (κ1) is 13.8. The van der Waals surface area contributed by atoms with Crippen LogP contribution < -0.4 is 10.4 Å². The van der Waals surface area contributed by atoms with Crippen molar-refractivity contribution in [3.8, 4) is 5.75 Å². The molecule has 0 fully saturated rings. The van der Waals surface area contributed by atoms with Crippen LogP contribution in [0.3, 0.4) is 0 Å². The van der Waals surface area contributed by atoms with Crippen molar-refractivity contribution >= 4 is 21.9 Å². The van der Waals surface area contributed by atoms with E-state index in [1.165, 1.54) is 13.2 Å². The Hall–Kier alpha value is -1.30. The zero-order valence-electron chi connectivity index (χ0n) is 9.62. The average Bonchev–Trinajstić information content (AvgIpc) is 2.31. The molecule has 94 valence electrons. The van der Waals surface area contributed by atoms with Gasteiger partial charge in [-0.15, -0.1) is 0 Å². The number of carbonyl (C=O) groups excluding carboxylic acids is 1. The molecular weight excluding hydrogens is 292 g/mol. The molecule has 0 aliphatic rings. The molecule has 0 saturated carbocycles. The number of rotatable bonds is 5. The van der Waals surface area contributed by atoms with Gasteiger partial charge in [0.15, 0.2) is 0 Å². The van der Waals surface area contributed by atoms with Gasteiger partial charge in [-0.1, -0.05) is 15.9 Å². The quantitative estimate of drug-likeness (QED) is 0.611. The summed E-state index contributed by atoms with van der Waals surface area (Å²) >= 11 is 3.19. The number of alkyl halides is 1. The number of ether oxygens (including phenoxy) is 2. The molecule has 5 nitrogen and oxygen atoms in total. The van der Waals surface area contributed by atoms with Crippen LogP contribution in [0.1, 0.15) is 18.2 Å². The Morgan fingerprint density at radius 3 is 2.76 bits per heavy atom. The van der Waals surface area contributed by atoms with Crippen molar-refractivity contribution in [3.05, 3.63) is 27.8 Å². The van der Waals surface area contributed by atoms with Crippen molar-refractivity contribution < 1.29 is 18.7 Å². The minimum absolute atomic E-state index is 0.0156. The molecule has 1 aromatic rings. The van der Waals surface area contributed by atoms with E-state index in [4.69, 9.17) is 13.9 Å². The Kier molecular flexibility index (Phi) is 5.21. The van der Waals surface area contributed by atoms with E-state index in [1.807, 2.05) is 0 Å². The maximum Gasteiger partial charge on any atom is 0.339 e. The van der Waals surface area contributed by atoms with Gasteiger partial charge in [0, 0.05) is 5.56 Å². The normalized spacial score (nSPS) is 10.1. The van der Waals surface area contributed by atoms with Gasteiger partial charge in [0.1, 0.15) is 11.5 Å². The Morgan fingerprint density at radius 1 is 1.53 bits per heavy atom. The summed E-state index contributed by atoms with van der Waals surface area (Å²) in [6.45, 7) is 2.03. The molecule has 0 saturated heterocycles. The van der Waals surface area contributed by atoms with Gasteiger partial charge < -0.3 is 13.9 Å². The second kappa shape index (κ2) is 6.44. The lowest BCUT2D eigenvalue weighted by Gasteiger charge is -2.10. The highest BCUT2D eigenvalue weighted by Crippen LogP contribution is 2.23. The average molecular weight is 305 g/mol. The van der Waals surface area contributed by atoms with E-state index >= 15 is 0 Å². The predicted octanol–water partition coefficient (Wildman–Crippen LogP) is 1.65. The zero-order chi connectivity index (χ0) is 12.8. The van der Waals surface area contributed by atoms with E-state index in [9.17, 15) is 9.59 Å². The molecule has 0 amide bonds. The van der Waals surface area contributed by atoms with Gasteiger partial charge in [0.2, 0.25) is 0 Å².